The molecule has 0 saturated heterocycles. The van der Waals surface area contributed by atoms with Crippen molar-refractivity contribution in [1.29, 1.82) is 0 Å². The van der Waals surface area contributed by atoms with Crippen molar-refractivity contribution in [3.05, 3.63) is 193 Å². The summed E-state index contributed by atoms with van der Waals surface area (Å²) in [6, 6.07) is 35.2. The standard InChI is InChI=1S/C69H93N3O6S3/c1-43(2)58-31-61(46(7)8)67(62(32-58)47(9)10)79(73,74)70-37-52-25-19-21-27-54(52)39-71(80(75,76)68-63(48(11)12)33-59(44(3)4)34-64(68)49(13)14)41-56-29-23-24-30-57(56)42-72(40-55-28-22-20-26-53(55)38-70)81(77,78)69-65(50(15)16)35-60(45(5)6)36-66(69)51(17)18/h19-36,43-51H,37-42H2,1-18H3. The molecule has 7 rings (SSSR count). The molecule has 0 N–H and O–H groups in total. The van der Waals surface area contributed by atoms with Gasteiger partial charge >= 0.3 is 0 Å². The molecule has 0 aromatic heterocycles. The predicted octanol–water partition coefficient (Wildman–Crippen LogP) is 17.3. The summed E-state index contributed by atoms with van der Waals surface area (Å²) in [5, 5.41) is 0. The van der Waals surface area contributed by atoms with Gasteiger partial charge in [0.15, 0.2) is 0 Å². The molecule has 0 radical (unpaired) electrons. The first-order valence-electron chi connectivity index (χ1n) is 29.6. The van der Waals surface area contributed by atoms with E-state index in [2.05, 4.69) is 77.9 Å². The van der Waals surface area contributed by atoms with Crippen molar-refractivity contribution in [2.75, 3.05) is 0 Å². The van der Waals surface area contributed by atoms with Gasteiger partial charge in [0.1, 0.15) is 0 Å². The fraction of sp³-hybridized carbons (Fsp3) is 0.478. The van der Waals surface area contributed by atoms with Gasteiger partial charge in [0, 0.05) is 39.3 Å². The molecule has 0 saturated carbocycles. The molecule has 0 spiro atoms. The minimum absolute atomic E-state index is 0.0877. The van der Waals surface area contributed by atoms with Gasteiger partial charge in [-0.1, -0.05) is 234 Å². The van der Waals surface area contributed by atoms with Crippen LogP contribution in [0.4, 0.5) is 0 Å². The van der Waals surface area contributed by atoms with Crippen LogP contribution in [0, 0.1) is 0 Å². The monoisotopic (exact) mass is 1160 g/mol. The van der Waals surface area contributed by atoms with Crippen molar-refractivity contribution in [3.8, 4) is 0 Å². The molecule has 81 heavy (non-hydrogen) atoms. The molecule has 1 aliphatic heterocycles. The van der Waals surface area contributed by atoms with E-state index in [0.717, 1.165) is 50.1 Å². The van der Waals surface area contributed by atoms with Crippen LogP contribution in [0.2, 0.25) is 0 Å². The molecule has 9 nitrogen and oxygen atoms in total. The van der Waals surface area contributed by atoms with Gasteiger partial charge in [-0.25, -0.2) is 25.3 Å². The van der Waals surface area contributed by atoms with Gasteiger partial charge in [-0.3, -0.25) is 0 Å². The molecule has 0 fully saturated rings. The van der Waals surface area contributed by atoms with Gasteiger partial charge in [0.25, 0.3) is 0 Å². The van der Waals surface area contributed by atoms with E-state index in [4.69, 9.17) is 0 Å². The lowest BCUT2D eigenvalue weighted by Crippen LogP contribution is -2.34. The van der Waals surface area contributed by atoms with E-state index in [1.165, 1.54) is 0 Å². The van der Waals surface area contributed by atoms with Crippen LogP contribution < -0.4 is 0 Å². The van der Waals surface area contributed by atoms with E-state index < -0.39 is 30.1 Å². The molecular weight excluding hydrogens is 1060 g/mol. The summed E-state index contributed by atoms with van der Waals surface area (Å²) in [5.74, 6) is -0.397. The second kappa shape index (κ2) is 25.5. The first-order chi connectivity index (χ1) is 37.9. The Morgan fingerprint density at radius 1 is 0.259 bits per heavy atom. The zero-order valence-corrected chi connectivity index (χ0v) is 54.3. The van der Waals surface area contributed by atoms with Gasteiger partial charge in [-0.05, 0) is 137 Å². The second-order valence-corrected chi connectivity index (χ2v) is 31.2. The number of hydrogen-bond acceptors (Lipinski definition) is 6. The molecule has 1 aliphatic rings. The van der Waals surface area contributed by atoms with Crippen LogP contribution >= 0.6 is 0 Å². The average molecular weight is 1160 g/mol. The first kappa shape index (κ1) is 63.6. The van der Waals surface area contributed by atoms with Crippen molar-refractivity contribution in [3.63, 3.8) is 0 Å². The largest absolute Gasteiger partial charge is 0.244 e. The zero-order valence-electron chi connectivity index (χ0n) is 51.8. The van der Waals surface area contributed by atoms with Crippen LogP contribution in [0.15, 0.2) is 124 Å². The minimum Gasteiger partial charge on any atom is -0.207 e. The maximum atomic E-state index is 16.4. The topological polar surface area (TPSA) is 112 Å². The first-order valence-corrected chi connectivity index (χ1v) is 33.9. The summed E-state index contributed by atoms with van der Waals surface area (Å²) in [5.41, 5.74) is 11.6. The van der Waals surface area contributed by atoms with Crippen LogP contribution in [-0.2, 0) is 69.3 Å². The summed E-state index contributed by atoms with van der Waals surface area (Å²) in [6.45, 7) is 36.7. The van der Waals surface area contributed by atoms with Gasteiger partial charge in [-0.2, -0.15) is 12.9 Å². The Kier molecular flexibility index (Phi) is 20.0. The lowest BCUT2D eigenvalue weighted by atomic mass is 9.89. The zero-order chi connectivity index (χ0) is 59.8. The Morgan fingerprint density at radius 2 is 0.407 bits per heavy atom. The SMILES string of the molecule is CC(C)c1cc(C(C)C)c(S(=O)(=O)N2Cc3ccccc3CN(S(=O)(=O)c3c(C(C)C)cc(C(C)C)cc3C(C)C)Cc3ccccc3CN(S(=O)(=O)c3c(C(C)C)cc(C(C)C)cc3C(C)C)Cc3ccccc3C2)c(C(C)C)c1. The Labute approximate surface area is 489 Å². The van der Waals surface area contributed by atoms with Crippen molar-refractivity contribution in [2.24, 2.45) is 0 Å². The second-order valence-electron chi connectivity index (χ2n) is 25.6. The molecule has 0 unspecified atom stereocenters. The summed E-state index contributed by atoms with van der Waals surface area (Å²) in [7, 11) is -13.1. The highest BCUT2D eigenvalue weighted by Gasteiger charge is 2.38. The number of hydrogen-bond donors (Lipinski definition) is 0. The van der Waals surface area contributed by atoms with Gasteiger partial charge < -0.3 is 0 Å². The lowest BCUT2D eigenvalue weighted by Gasteiger charge is -2.31. The van der Waals surface area contributed by atoms with E-state index >= 15 is 25.3 Å². The molecule has 12 heteroatoms. The van der Waals surface area contributed by atoms with Crippen LogP contribution in [0.3, 0.4) is 0 Å². The lowest BCUT2D eigenvalue weighted by molar-refractivity contribution is 0.382. The third-order valence-corrected chi connectivity index (χ3v) is 22.2. The van der Waals surface area contributed by atoms with Crippen molar-refractivity contribution in [2.45, 2.75) is 232 Å². The molecule has 1 heterocycles. The smallest absolute Gasteiger partial charge is 0.207 e. The highest BCUT2D eigenvalue weighted by molar-refractivity contribution is 7.89. The fourth-order valence-corrected chi connectivity index (χ4v) is 17.5. The normalized spacial score (nSPS) is 15.1. The fourth-order valence-electron chi connectivity index (χ4n) is 11.4. The number of nitrogens with zero attached hydrogens (tertiary/aromatic N) is 3. The van der Waals surface area contributed by atoms with Crippen LogP contribution in [0.1, 0.15) is 261 Å². The average Bonchev–Trinajstić information content (AvgIpc) is 3.10. The number of fused-ring (bicyclic) bond motifs is 3. The van der Waals surface area contributed by atoms with E-state index in [-0.39, 0.29) is 107 Å². The van der Waals surface area contributed by atoms with Gasteiger partial charge in [-0.15, -0.1) is 0 Å². The number of benzene rings is 6. The number of rotatable bonds is 15. The molecule has 0 aliphatic carbocycles. The summed E-state index contributed by atoms with van der Waals surface area (Å²) < 4.78 is 103. The van der Waals surface area contributed by atoms with Crippen LogP contribution in [0.25, 0.3) is 0 Å². The summed E-state index contributed by atoms with van der Waals surface area (Å²) in [6.07, 6.45) is 0. The Morgan fingerprint density at radius 3 is 0.531 bits per heavy atom. The maximum absolute atomic E-state index is 16.4. The minimum atomic E-state index is -4.38. The van der Waals surface area contributed by atoms with Crippen molar-refractivity contribution < 1.29 is 25.3 Å². The number of sulfonamides is 3. The van der Waals surface area contributed by atoms with Crippen LogP contribution in [0.5, 0.6) is 0 Å². The molecule has 0 bridgehead atoms. The third kappa shape index (κ3) is 13.5. The molecule has 0 atom stereocenters. The summed E-state index contributed by atoms with van der Waals surface area (Å²) >= 11 is 0. The van der Waals surface area contributed by atoms with Crippen molar-refractivity contribution >= 4 is 30.1 Å². The Balaban J connectivity index is 1.59. The van der Waals surface area contributed by atoms with Gasteiger partial charge in [0.2, 0.25) is 30.1 Å². The molecule has 0 amide bonds. The molecule has 438 valence electrons. The highest BCUT2D eigenvalue weighted by atomic mass is 32.2. The summed E-state index contributed by atoms with van der Waals surface area (Å²) in [4.78, 5) is 0.856. The Hall–Kier alpha value is -4.95. The highest BCUT2D eigenvalue weighted by Crippen LogP contribution is 2.43. The van der Waals surface area contributed by atoms with Crippen LogP contribution in [-0.4, -0.2) is 38.2 Å². The quantitative estimate of drug-likeness (QED) is 0.101. The van der Waals surface area contributed by atoms with E-state index in [1.54, 1.807) is 12.9 Å². The maximum Gasteiger partial charge on any atom is 0.244 e. The predicted molar refractivity (Wildman–Crippen MR) is 335 cm³/mol. The Bertz CT molecular complexity index is 3040. The van der Waals surface area contributed by atoms with E-state index in [9.17, 15) is 0 Å². The molecular formula is C69H93N3O6S3. The third-order valence-electron chi connectivity index (χ3n) is 16.5. The van der Waals surface area contributed by atoms with E-state index in [1.807, 2.05) is 156 Å². The molecule has 6 aromatic carbocycles. The van der Waals surface area contributed by atoms with E-state index in [0.29, 0.717) is 33.4 Å². The van der Waals surface area contributed by atoms with Gasteiger partial charge in [0.05, 0.1) is 14.7 Å². The molecule has 6 aromatic rings. The van der Waals surface area contributed by atoms with Crippen molar-refractivity contribution in [1.82, 2.24) is 12.9 Å².